The Morgan fingerprint density at radius 1 is 1.55 bits per heavy atom. The summed E-state index contributed by atoms with van der Waals surface area (Å²) in [5, 5.41) is 15.1. The molecule has 3 N–H and O–H groups in total. The lowest BCUT2D eigenvalue weighted by atomic mass is 9.86. The largest absolute Gasteiger partial charge is 0.396 e. The van der Waals surface area contributed by atoms with E-state index in [0.29, 0.717) is 11.3 Å². The van der Waals surface area contributed by atoms with E-state index in [-0.39, 0.29) is 29.9 Å². The molecule has 2 unspecified atom stereocenters. The molecule has 1 aromatic carbocycles. The number of carbonyl (C=O) groups is 1. The Labute approximate surface area is 118 Å². The summed E-state index contributed by atoms with van der Waals surface area (Å²) in [6.07, 6.45) is 2.77. The highest BCUT2D eigenvalue weighted by molar-refractivity contribution is 5.90. The third-order valence-corrected chi connectivity index (χ3v) is 4.19. The smallest absolute Gasteiger partial charge is 0.319 e. The van der Waals surface area contributed by atoms with Gasteiger partial charge in [-0.15, -0.1) is 0 Å². The fourth-order valence-electron chi connectivity index (χ4n) is 2.75. The number of rotatable bonds is 3. The second-order valence-corrected chi connectivity index (χ2v) is 5.81. The summed E-state index contributed by atoms with van der Waals surface area (Å²) >= 11 is 0. The van der Waals surface area contributed by atoms with Crippen LogP contribution in [0.15, 0.2) is 18.2 Å². The summed E-state index contributed by atoms with van der Waals surface area (Å²) in [7, 11) is 0. The lowest BCUT2D eigenvalue weighted by Gasteiger charge is -2.30. The topological polar surface area (TPSA) is 61.4 Å². The summed E-state index contributed by atoms with van der Waals surface area (Å²) in [5.41, 5.74) is 1.01. The van der Waals surface area contributed by atoms with Gasteiger partial charge in [0.25, 0.3) is 0 Å². The van der Waals surface area contributed by atoms with Gasteiger partial charge in [-0.1, -0.05) is 13.3 Å². The first-order valence-electron chi connectivity index (χ1n) is 6.89. The molecule has 1 aliphatic carbocycles. The lowest BCUT2D eigenvalue weighted by Crippen LogP contribution is -2.46. The van der Waals surface area contributed by atoms with Gasteiger partial charge in [0.05, 0.1) is 6.61 Å². The van der Waals surface area contributed by atoms with Crippen LogP contribution in [-0.2, 0) is 0 Å². The van der Waals surface area contributed by atoms with Crippen molar-refractivity contribution in [3.8, 4) is 0 Å². The Balaban J connectivity index is 1.99. The molecule has 2 atom stereocenters. The maximum absolute atomic E-state index is 13.0. The average Bonchev–Trinajstić information content (AvgIpc) is 2.75. The van der Waals surface area contributed by atoms with Crippen LogP contribution in [0.25, 0.3) is 0 Å². The van der Waals surface area contributed by atoms with Crippen molar-refractivity contribution < 1.29 is 14.3 Å². The van der Waals surface area contributed by atoms with Crippen LogP contribution in [0.4, 0.5) is 14.9 Å². The highest BCUT2D eigenvalue weighted by atomic mass is 19.1. The minimum atomic E-state index is -0.322. The highest BCUT2D eigenvalue weighted by Crippen LogP contribution is 2.37. The molecule has 0 aliphatic heterocycles. The molecule has 20 heavy (non-hydrogen) atoms. The first-order chi connectivity index (χ1) is 9.44. The first kappa shape index (κ1) is 14.8. The Morgan fingerprint density at radius 3 is 2.95 bits per heavy atom. The summed E-state index contributed by atoms with van der Waals surface area (Å²) in [5.74, 6) is -0.322. The Morgan fingerprint density at radius 2 is 2.30 bits per heavy atom. The van der Waals surface area contributed by atoms with Gasteiger partial charge >= 0.3 is 6.03 Å². The number of hydrogen-bond acceptors (Lipinski definition) is 2. The van der Waals surface area contributed by atoms with Gasteiger partial charge in [-0.3, -0.25) is 0 Å². The van der Waals surface area contributed by atoms with Crippen molar-refractivity contribution in [3.63, 3.8) is 0 Å². The zero-order valence-electron chi connectivity index (χ0n) is 11.9. The molecular formula is C15H21FN2O2. The summed E-state index contributed by atoms with van der Waals surface area (Å²) in [4.78, 5) is 12.0. The second kappa shape index (κ2) is 5.79. The van der Waals surface area contributed by atoms with E-state index in [4.69, 9.17) is 0 Å². The molecule has 0 aromatic heterocycles. The average molecular weight is 280 g/mol. The van der Waals surface area contributed by atoms with Gasteiger partial charge in [-0.2, -0.15) is 0 Å². The van der Waals surface area contributed by atoms with E-state index in [0.717, 1.165) is 19.3 Å². The van der Waals surface area contributed by atoms with Crippen molar-refractivity contribution in [1.82, 2.24) is 5.32 Å². The van der Waals surface area contributed by atoms with Crippen LogP contribution in [0.5, 0.6) is 0 Å². The lowest BCUT2D eigenvalue weighted by molar-refractivity contribution is 0.122. The number of hydrogen-bond donors (Lipinski definition) is 3. The molecule has 4 nitrogen and oxygen atoms in total. The Bertz CT molecular complexity index is 507. The van der Waals surface area contributed by atoms with E-state index < -0.39 is 0 Å². The number of aliphatic hydroxyl groups excluding tert-OH is 1. The van der Waals surface area contributed by atoms with Gasteiger partial charge in [-0.25, -0.2) is 9.18 Å². The molecule has 0 bridgehead atoms. The molecule has 0 radical (unpaired) electrons. The van der Waals surface area contributed by atoms with E-state index >= 15 is 0 Å². The number of carbonyl (C=O) groups excluding carboxylic acids is 1. The van der Waals surface area contributed by atoms with Crippen LogP contribution in [0.3, 0.4) is 0 Å². The van der Waals surface area contributed by atoms with Crippen molar-refractivity contribution in [2.75, 3.05) is 11.9 Å². The zero-order chi connectivity index (χ0) is 14.8. The van der Waals surface area contributed by atoms with Gasteiger partial charge in [0.2, 0.25) is 0 Å². The van der Waals surface area contributed by atoms with Gasteiger partial charge in [0, 0.05) is 17.1 Å². The van der Waals surface area contributed by atoms with Crippen LogP contribution in [-0.4, -0.2) is 23.8 Å². The molecule has 1 aliphatic rings. The van der Waals surface area contributed by atoms with Crippen molar-refractivity contribution in [2.24, 2.45) is 5.41 Å². The molecule has 0 saturated heterocycles. The normalized spacial score (nSPS) is 25.5. The third kappa shape index (κ3) is 3.10. The number of halogens is 1. The molecule has 0 heterocycles. The second-order valence-electron chi connectivity index (χ2n) is 5.81. The minimum Gasteiger partial charge on any atom is -0.396 e. The predicted molar refractivity (Wildman–Crippen MR) is 76.1 cm³/mol. The molecule has 2 amide bonds. The number of urea groups is 1. The quantitative estimate of drug-likeness (QED) is 0.797. The van der Waals surface area contributed by atoms with E-state index in [1.807, 2.05) is 6.92 Å². The highest BCUT2D eigenvalue weighted by Gasteiger charge is 2.39. The maximum Gasteiger partial charge on any atom is 0.319 e. The molecule has 1 fully saturated rings. The van der Waals surface area contributed by atoms with Crippen LogP contribution in [0.1, 0.15) is 31.7 Å². The summed E-state index contributed by atoms with van der Waals surface area (Å²) in [6.45, 7) is 3.79. The molecule has 1 aromatic rings. The van der Waals surface area contributed by atoms with Crippen LogP contribution >= 0.6 is 0 Å². The fraction of sp³-hybridized carbons (Fsp3) is 0.533. The zero-order valence-corrected chi connectivity index (χ0v) is 11.9. The van der Waals surface area contributed by atoms with Crippen LogP contribution in [0.2, 0.25) is 0 Å². The van der Waals surface area contributed by atoms with Crippen molar-refractivity contribution >= 4 is 11.7 Å². The molecule has 110 valence electrons. The van der Waals surface area contributed by atoms with E-state index in [9.17, 15) is 14.3 Å². The van der Waals surface area contributed by atoms with Gasteiger partial charge in [-0.05, 0) is 43.5 Å². The van der Waals surface area contributed by atoms with Gasteiger partial charge in [0.1, 0.15) is 5.82 Å². The molecule has 2 rings (SSSR count). The molecular weight excluding hydrogens is 259 g/mol. The summed E-state index contributed by atoms with van der Waals surface area (Å²) in [6, 6.07) is 3.89. The van der Waals surface area contributed by atoms with Crippen molar-refractivity contribution in [1.29, 1.82) is 0 Å². The van der Waals surface area contributed by atoms with Crippen LogP contribution < -0.4 is 10.6 Å². The number of nitrogens with one attached hydrogen (secondary N) is 2. The standard InChI is InChI=1S/C15H21FN2O2/c1-10-8-11(16)5-6-12(10)17-14(20)18-13-4-3-7-15(13,2)9-19/h5-6,8,13,19H,3-4,7,9H2,1-2H3,(H2,17,18,20). The van der Waals surface area contributed by atoms with E-state index in [1.54, 1.807) is 13.0 Å². The molecule has 0 spiro atoms. The SMILES string of the molecule is Cc1cc(F)ccc1NC(=O)NC1CCCC1(C)CO. The molecule has 1 saturated carbocycles. The number of aliphatic hydroxyl groups is 1. The Hall–Kier alpha value is -1.62. The predicted octanol–water partition coefficient (Wildman–Crippen LogP) is 2.81. The monoisotopic (exact) mass is 280 g/mol. The van der Waals surface area contributed by atoms with Gasteiger partial charge < -0.3 is 15.7 Å². The number of anilines is 1. The van der Waals surface area contributed by atoms with Crippen molar-refractivity contribution in [2.45, 2.75) is 39.2 Å². The van der Waals surface area contributed by atoms with Crippen molar-refractivity contribution in [3.05, 3.63) is 29.6 Å². The fourth-order valence-corrected chi connectivity index (χ4v) is 2.75. The Kier molecular flexibility index (Phi) is 4.28. The first-order valence-corrected chi connectivity index (χ1v) is 6.89. The minimum absolute atomic E-state index is 0.0340. The van der Waals surface area contributed by atoms with Crippen LogP contribution in [0, 0.1) is 18.2 Å². The molecule has 5 heteroatoms. The van der Waals surface area contributed by atoms with E-state index in [2.05, 4.69) is 10.6 Å². The third-order valence-electron chi connectivity index (χ3n) is 4.19. The summed E-state index contributed by atoms with van der Waals surface area (Å²) < 4.78 is 13.0. The van der Waals surface area contributed by atoms with E-state index in [1.165, 1.54) is 12.1 Å². The number of amides is 2. The maximum atomic E-state index is 13.0. The number of aryl methyl sites for hydroxylation is 1. The van der Waals surface area contributed by atoms with Gasteiger partial charge in [0.15, 0.2) is 0 Å². The number of benzene rings is 1.